The minimum atomic E-state index is -0.266. The Morgan fingerprint density at radius 1 is 1.48 bits per heavy atom. The van der Waals surface area contributed by atoms with Crippen LogP contribution in [0.1, 0.15) is 62.0 Å². The number of hydrogen-bond donors (Lipinski definition) is 1. The molecule has 0 saturated heterocycles. The highest BCUT2D eigenvalue weighted by molar-refractivity contribution is 7.10. The van der Waals surface area contributed by atoms with Gasteiger partial charge in [0.2, 0.25) is 0 Å². The highest BCUT2D eigenvalue weighted by atomic mass is 32.1. The SMILES string of the molecule is CCOC(=O)c1c(C)nsc1NCCC1CCCC(C)C1. The summed E-state index contributed by atoms with van der Waals surface area (Å²) >= 11 is 1.36. The first-order valence-electron chi connectivity index (χ1n) is 7.99. The van der Waals surface area contributed by atoms with Gasteiger partial charge in [0.05, 0.1) is 12.3 Å². The first-order chi connectivity index (χ1) is 10.1. The maximum absolute atomic E-state index is 12.0. The first-order valence-corrected chi connectivity index (χ1v) is 8.76. The molecule has 2 unspecified atom stereocenters. The van der Waals surface area contributed by atoms with Crippen LogP contribution in [-0.2, 0) is 4.74 Å². The third-order valence-electron chi connectivity index (χ3n) is 4.23. The van der Waals surface area contributed by atoms with Crippen molar-refractivity contribution in [2.24, 2.45) is 11.8 Å². The molecule has 1 aliphatic rings. The Hall–Kier alpha value is -1.10. The summed E-state index contributed by atoms with van der Waals surface area (Å²) in [6.07, 6.45) is 6.60. The van der Waals surface area contributed by atoms with Gasteiger partial charge >= 0.3 is 5.97 Å². The molecule has 0 spiro atoms. The van der Waals surface area contributed by atoms with Crippen LogP contribution in [0.15, 0.2) is 0 Å². The van der Waals surface area contributed by atoms with E-state index in [0.717, 1.165) is 29.1 Å². The number of hydrogen-bond acceptors (Lipinski definition) is 5. The molecule has 1 saturated carbocycles. The average molecular weight is 310 g/mol. The molecule has 1 N–H and O–H groups in total. The van der Waals surface area contributed by atoms with Gasteiger partial charge in [0, 0.05) is 6.54 Å². The van der Waals surface area contributed by atoms with Gasteiger partial charge in [-0.25, -0.2) is 4.79 Å². The Bertz CT molecular complexity index is 473. The number of ether oxygens (including phenoxy) is 1. The van der Waals surface area contributed by atoms with Crippen LogP contribution in [0.4, 0.5) is 5.00 Å². The van der Waals surface area contributed by atoms with Crippen molar-refractivity contribution in [1.29, 1.82) is 0 Å². The molecule has 5 heteroatoms. The van der Waals surface area contributed by atoms with Crippen LogP contribution in [0.25, 0.3) is 0 Å². The zero-order chi connectivity index (χ0) is 15.2. The first kappa shape index (κ1) is 16.3. The van der Waals surface area contributed by atoms with Gasteiger partial charge in [0.1, 0.15) is 10.6 Å². The zero-order valence-corrected chi connectivity index (χ0v) is 14.1. The Labute approximate surface area is 131 Å². The lowest BCUT2D eigenvalue weighted by atomic mass is 9.81. The van der Waals surface area contributed by atoms with E-state index in [1.807, 2.05) is 13.8 Å². The maximum Gasteiger partial charge on any atom is 0.343 e. The number of esters is 1. The summed E-state index contributed by atoms with van der Waals surface area (Å²) < 4.78 is 9.38. The van der Waals surface area contributed by atoms with Gasteiger partial charge in [-0.1, -0.05) is 26.2 Å². The molecule has 0 bridgehead atoms. The van der Waals surface area contributed by atoms with Gasteiger partial charge in [-0.05, 0) is 50.1 Å². The van der Waals surface area contributed by atoms with Gasteiger partial charge in [-0.2, -0.15) is 4.37 Å². The molecule has 118 valence electrons. The van der Waals surface area contributed by atoms with Crippen molar-refractivity contribution < 1.29 is 9.53 Å². The smallest absolute Gasteiger partial charge is 0.343 e. The minimum Gasteiger partial charge on any atom is -0.462 e. The quantitative estimate of drug-likeness (QED) is 0.798. The number of nitrogens with one attached hydrogen (secondary N) is 1. The molecule has 21 heavy (non-hydrogen) atoms. The van der Waals surface area contributed by atoms with Crippen LogP contribution in [-0.4, -0.2) is 23.5 Å². The maximum atomic E-state index is 12.0. The molecule has 1 aromatic rings. The lowest BCUT2D eigenvalue weighted by molar-refractivity contribution is 0.0527. The fraction of sp³-hybridized carbons (Fsp3) is 0.750. The Morgan fingerprint density at radius 3 is 3.00 bits per heavy atom. The van der Waals surface area contributed by atoms with E-state index in [0.29, 0.717) is 12.2 Å². The van der Waals surface area contributed by atoms with Gasteiger partial charge < -0.3 is 10.1 Å². The average Bonchev–Trinajstić information content (AvgIpc) is 2.80. The molecule has 1 aromatic heterocycles. The summed E-state index contributed by atoms with van der Waals surface area (Å²) in [6, 6.07) is 0. The van der Waals surface area contributed by atoms with Crippen LogP contribution >= 0.6 is 11.5 Å². The predicted molar refractivity (Wildman–Crippen MR) is 87.0 cm³/mol. The summed E-state index contributed by atoms with van der Waals surface area (Å²) in [7, 11) is 0. The molecule has 1 aliphatic carbocycles. The molecule has 4 nitrogen and oxygen atoms in total. The highest BCUT2D eigenvalue weighted by Crippen LogP contribution is 2.31. The van der Waals surface area contributed by atoms with E-state index in [-0.39, 0.29) is 5.97 Å². The fourth-order valence-electron chi connectivity index (χ4n) is 3.15. The second kappa shape index (κ2) is 7.78. The minimum absolute atomic E-state index is 0.266. The Kier molecular flexibility index (Phi) is 6.03. The van der Waals surface area contributed by atoms with Gasteiger partial charge in [-0.3, -0.25) is 0 Å². The number of carbonyl (C=O) groups is 1. The molecule has 1 heterocycles. The fourth-order valence-corrected chi connectivity index (χ4v) is 3.95. The van der Waals surface area contributed by atoms with Gasteiger partial charge in [0.25, 0.3) is 0 Å². The number of aromatic nitrogens is 1. The van der Waals surface area contributed by atoms with Crippen molar-refractivity contribution in [2.45, 2.75) is 52.9 Å². The number of anilines is 1. The summed E-state index contributed by atoms with van der Waals surface area (Å²) in [5.41, 5.74) is 1.37. The third kappa shape index (κ3) is 4.43. The zero-order valence-electron chi connectivity index (χ0n) is 13.3. The topological polar surface area (TPSA) is 51.2 Å². The number of carbonyl (C=O) groups excluding carboxylic acids is 1. The Balaban J connectivity index is 1.87. The molecule has 0 aromatic carbocycles. The van der Waals surface area contributed by atoms with E-state index in [4.69, 9.17) is 4.74 Å². The Morgan fingerprint density at radius 2 is 2.29 bits per heavy atom. The summed E-state index contributed by atoms with van der Waals surface area (Å²) in [4.78, 5) is 12.0. The number of nitrogens with zero attached hydrogens (tertiary/aromatic N) is 1. The molecule has 2 atom stereocenters. The molecule has 0 radical (unpaired) electrons. The molecule has 0 aliphatic heterocycles. The van der Waals surface area contributed by atoms with Crippen molar-refractivity contribution in [3.05, 3.63) is 11.3 Å². The van der Waals surface area contributed by atoms with Crippen LogP contribution in [0.5, 0.6) is 0 Å². The van der Waals surface area contributed by atoms with Crippen LogP contribution in [0.2, 0.25) is 0 Å². The van der Waals surface area contributed by atoms with Crippen molar-refractivity contribution in [3.63, 3.8) is 0 Å². The van der Waals surface area contributed by atoms with Gasteiger partial charge in [0.15, 0.2) is 0 Å². The van der Waals surface area contributed by atoms with E-state index in [1.165, 1.54) is 43.6 Å². The summed E-state index contributed by atoms with van der Waals surface area (Å²) in [6.45, 7) is 7.34. The second-order valence-electron chi connectivity index (χ2n) is 6.05. The highest BCUT2D eigenvalue weighted by Gasteiger charge is 2.21. The molecular weight excluding hydrogens is 284 g/mol. The van der Waals surface area contributed by atoms with E-state index >= 15 is 0 Å². The second-order valence-corrected chi connectivity index (χ2v) is 6.82. The van der Waals surface area contributed by atoms with Crippen molar-refractivity contribution in [2.75, 3.05) is 18.5 Å². The van der Waals surface area contributed by atoms with E-state index in [1.54, 1.807) is 0 Å². The lowest BCUT2D eigenvalue weighted by Gasteiger charge is -2.26. The monoisotopic (exact) mass is 310 g/mol. The lowest BCUT2D eigenvalue weighted by Crippen LogP contribution is -2.17. The van der Waals surface area contributed by atoms with E-state index < -0.39 is 0 Å². The van der Waals surface area contributed by atoms with E-state index in [9.17, 15) is 4.79 Å². The number of rotatable bonds is 6. The third-order valence-corrected chi connectivity index (χ3v) is 5.12. The molecule has 1 fully saturated rings. The van der Waals surface area contributed by atoms with Crippen molar-refractivity contribution in [3.8, 4) is 0 Å². The van der Waals surface area contributed by atoms with Gasteiger partial charge in [-0.15, -0.1) is 0 Å². The van der Waals surface area contributed by atoms with Crippen LogP contribution in [0, 0.1) is 18.8 Å². The number of aryl methyl sites for hydroxylation is 1. The predicted octanol–water partition coefficient (Wildman–Crippen LogP) is 4.26. The van der Waals surface area contributed by atoms with Crippen LogP contribution < -0.4 is 5.32 Å². The van der Waals surface area contributed by atoms with Crippen LogP contribution in [0.3, 0.4) is 0 Å². The molecule has 2 rings (SSSR count). The molecular formula is C16H26N2O2S. The van der Waals surface area contributed by atoms with Crippen molar-refractivity contribution in [1.82, 2.24) is 4.37 Å². The van der Waals surface area contributed by atoms with E-state index in [2.05, 4.69) is 16.6 Å². The summed E-state index contributed by atoms with van der Waals surface area (Å²) in [5, 5.41) is 4.25. The summed E-state index contributed by atoms with van der Waals surface area (Å²) in [5.74, 6) is 1.42. The largest absolute Gasteiger partial charge is 0.462 e. The normalized spacial score (nSPS) is 22.0. The van der Waals surface area contributed by atoms with Crippen molar-refractivity contribution >= 4 is 22.5 Å². The molecule has 0 amide bonds. The standard InChI is InChI=1S/C16H26N2O2S/c1-4-20-16(19)14-12(3)18-21-15(14)17-9-8-13-7-5-6-11(2)10-13/h11,13,17H,4-10H2,1-3H3.